The summed E-state index contributed by atoms with van der Waals surface area (Å²) in [6, 6.07) is 1.88. The van der Waals surface area contributed by atoms with Crippen molar-refractivity contribution in [1.82, 2.24) is 19.3 Å². The molecule has 0 bridgehead atoms. The molecule has 1 aliphatic carbocycles. The van der Waals surface area contributed by atoms with Crippen LogP contribution in [-0.2, 0) is 13.1 Å². The molecule has 3 aromatic rings. The van der Waals surface area contributed by atoms with E-state index in [0.29, 0.717) is 36.0 Å². The number of pyridine rings is 1. The van der Waals surface area contributed by atoms with Crippen molar-refractivity contribution in [3.63, 3.8) is 0 Å². The van der Waals surface area contributed by atoms with Gasteiger partial charge in [0.05, 0.1) is 17.2 Å². The third-order valence-electron chi connectivity index (χ3n) is 5.26. The van der Waals surface area contributed by atoms with E-state index in [-0.39, 0.29) is 18.8 Å². The van der Waals surface area contributed by atoms with Gasteiger partial charge in [0.1, 0.15) is 6.54 Å². The molecule has 0 amide bonds. The van der Waals surface area contributed by atoms with Crippen LogP contribution < -0.4 is 0 Å². The van der Waals surface area contributed by atoms with Gasteiger partial charge in [-0.25, -0.2) is 8.78 Å². The number of nitrogens with zero attached hydrogens (tertiary/aromatic N) is 4. The van der Waals surface area contributed by atoms with Gasteiger partial charge in [-0.15, -0.1) is 0 Å². The standard InChI is InChI=1S/C19H18BrF5N4/c20-14-5-16-17(26-7-14)15(13-6-27-29(9-13)11-19(23,24)25)10-28(16)8-12-1-3-18(21,22)4-2-12/h5-7,9-10,12H,1-4,8,11H2. The zero-order valence-corrected chi connectivity index (χ0v) is 16.8. The lowest BCUT2D eigenvalue weighted by molar-refractivity contribution is -0.142. The second-order valence-corrected chi connectivity index (χ2v) is 8.47. The first-order valence-electron chi connectivity index (χ1n) is 9.21. The summed E-state index contributed by atoms with van der Waals surface area (Å²) in [5, 5.41) is 3.81. The number of hydrogen-bond acceptors (Lipinski definition) is 2. The Morgan fingerprint density at radius 2 is 1.86 bits per heavy atom. The third-order valence-corrected chi connectivity index (χ3v) is 5.69. The summed E-state index contributed by atoms with van der Waals surface area (Å²) in [7, 11) is 0. The maximum Gasteiger partial charge on any atom is 0.408 e. The summed E-state index contributed by atoms with van der Waals surface area (Å²) in [6.45, 7) is -0.609. The van der Waals surface area contributed by atoms with Crippen LogP contribution in [-0.4, -0.2) is 31.4 Å². The molecular weight excluding hydrogens is 459 g/mol. The van der Waals surface area contributed by atoms with Crippen molar-refractivity contribution in [2.24, 2.45) is 5.92 Å². The second-order valence-electron chi connectivity index (χ2n) is 7.56. The van der Waals surface area contributed by atoms with Crippen LogP contribution in [0.4, 0.5) is 22.0 Å². The van der Waals surface area contributed by atoms with E-state index in [1.807, 2.05) is 16.8 Å². The Labute approximate surface area is 171 Å². The highest BCUT2D eigenvalue weighted by atomic mass is 79.9. The first-order chi connectivity index (χ1) is 13.6. The number of hydrogen-bond donors (Lipinski definition) is 0. The van der Waals surface area contributed by atoms with Crippen molar-refractivity contribution >= 4 is 27.0 Å². The monoisotopic (exact) mass is 476 g/mol. The fourth-order valence-corrected chi connectivity index (χ4v) is 4.16. The number of rotatable bonds is 4. The van der Waals surface area contributed by atoms with Gasteiger partial charge in [0, 0.05) is 53.6 Å². The highest BCUT2D eigenvalue weighted by Crippen LogP contribution is 2.38. The van der Waals surface area contributed by atoms with E-state index in [4.69, 9.17) is 0 Å². The molecule has 0 saturated heterocycles. The van der Waals surface area contributed by atoms with Gasteiger partial charge in [0.25, 0.3) is 0 Å². The van der Waals surface area contributed by atoms with Gasteiger partial charge in [0.15, 0.2) is 0 Å². The molecule has 0 aromatic carbocycles. The molecule has 0 aliphatic heterocycles. The minimum Gasteiger partial charge on any atom is -0.345 e. The van der Waals surface area contributed by atoms with Crippen LogP contribution in [0, 0.1) is 5.92 Å². The molecule has 29 heavy (non-hydrogen) atoms. The number of halogens is 6. The van der Waals surface area contributed by atoms with Crippen LogP contribution in [0.2, 0.25) is 0 Å². The predicted octanol–water partition coefficient (Wildman–Crippen LogP) is 6.05. The lowest BCUT2D eigenvalue weighted by Gasteiger charge is -2.28. The number of aromatic nitrogens is 4. The van der Waals surface area contributed by atoms with Gasteiger partial charge in [-0.2, -0.15) is 18.3 Å². The molecule has 10 heteroatoms. The van der Waals surface area contributed by atoms with Crippen molar-refractivity contribution in [3.8, 4) is 11.1 Å². The first-order valence-corrected chi connectivity index (χ1v) is 10.0. The lowest BCUT2D eigenvalue weighted by Crippen LogP contribution is -2.26. The Bertz CT molecular complexity index is 1010. The highest BCUT2D eigenvalue weighted by molar-refractivity contribution is 9.10. The zero-order chi connectivity index (χ0) is 20.8. The molecule has 1 fully saturated rings. The van der Waals surface area contributed by atoms with Crippen molar-refractivity contribution in [2.75, 3.05) is 0 Å². The average Bonchev–Trinajstić information content (AvgIpc) is 3.20. The molecule has 156 valence electrons. The van der Waals surface area contributed by atoms with Crippen molar-refractivity contribution in [2.45, 2.75) is 50.9 Å². The smallest absolute Gasteiger partial charge is 0.345 e. The van der Waals surface area contributed by atoms with E-state index in [1.54, 1.807) is 6.20 Å². The second kappa shape index (κ2) is 7.37. The fourth-order valence-electron chi connectivity index (χ4n) is 3.84. The van der Waals surface area contributed by atoms with E-state index < -0.39 is 18.6 Å². The summed E-state index contributed by atoms with van der Waals surface area (Å²) in [4.78, 5) is 4.43. The Kier molecular flexibility index (Phi) is 5.16. The minimum absolute atomic E-state index is 0.115. The molecule has 4 rings (SSSR count). The van der Waals surface area contributed by atoms with Crippen molar-refractivity contribution in [3.05, 3.63) is 35.3 Å². The predicted molar refractivity (Wildman–Crippen MR) is 102 cm³/mol. The molecule has 0 N–H and O–H groups in total. The summed E-state index contributed by atoms with van der Waals surface area (Å²) in [5.41, 5.74) is 2.64. The molecule has 0 unspecified atom stereocenters. The summed E-state index contributed by atoms with van der Waals surface area (Å²) < 4.78 is 68.4. The molecular formula is C19H18BrF5N4. The fraction of sp³-hybridized carbons (Fsp3) is 0.474. The van der Waals surface area contributed by atoms with Crippen molar-refractivity contribution in [1.29, 1.82) is 0 Å². The number of fused-ring (bicyclic) bond motifs is 1. The van der Waals surface area contributed by atoms with E-state index in [1.165, 1.54) is 12.4 Å². The largest absolute Gasteiger partial charge is 0.408 e. The van der Waals surface area contributed by atoms with Gasteiger partial charge in [-0.3, -0.25) is 9.67 Å². The van der Waals surface area contributed by atoms with E-state index in [2.05, 4.69) is 26.0 Å². The maximum absolute atomic E-state index is 13.5. The minimum atomic E-state index is -4.36. The normalized spacial score (nSPS) is 17.9. The first kappa shape index (κ1) is 20.3. The zero-order valence-electron chi connectivity index (χ0n) is 15.3. The Balaban J connectivity index is 1.66. The lowest BCUT2D eigenvalue weighted by atomic mass is 9.87. The molecule has 4 nitrogen and oxygen atoms in total. The molecule has 0 atom stereocenters. The average molecular weight is 477 g/mol. The van der Waals surface area contributed by atoms with Gasteiger partial charge >= 0.3 is 6.18 Å². The maximum atomic E-state index is 13.5. The third kappa shape index (κ3) is 4.62. The topological polar surface area (TPSA) is 35.6 Å². The van der Waals surface area contributed by atoms with Crippen LogP contribution in [0.1, 0.15) is 25.7 Å². The summed E-state index contributed by atoms with van der Waals surface area (Å²) in [5.74, 6) is -2.47. The Morgan fingerprint density at radius 3 is 2.55 bits per heavy atom. The van der Waals surface area contributed by atoms with E-state index in [0.717, 1.165) is 14.7 Å². The van der Waals surface area contributed by atoms with Crippen LogP contribution >= 0.6 is 15.9 Å². The summed E-state index contributed by atoms with van der Waals surface area (Å²) in [6.07, 6.45) is 2.46. The van der Waals surface area contributed by atoms with Crippen molar-refractivity contribution < 1.29 is 22.0 Å². The quantitative estimate of drug-likeness (QED) is 0.429. The molecule has 0 spiro atoms. The highest BCUT2D eigenvalue weighted by Gasteiger charge is 2.35. The van der Waals surface area contributed by atoms with Crippen LogP contribution in [0.15, 0.2) is 35.3 Å². The number of alkyl halides is 5. The van der Waals surface area contributed by atoms with Crippen LogP contribution in [0.25, 0.3) is 22.2 Å². The molecule has 3 heterocycles. The molecule has 1 saturated carbocycles. The summed E-state index contributed by atoms with van der Waals surface area (Å²) >= 11 is 3.39. The Morgan fingerprint density at radius 1 is 1.14 bits per heavy atom. The Hall–Kier alpha value is -1.97. The van der Waals surface area contributed by atoms with E-state index in [9.17, 15) is 22.0 Å². The van der Waals surface area contributed by atoms with Gasteiger partial charge in [0.2, 0.25) is 5.92 Å². The molecule has 3 aromatic heterocycles. The van der Waals surface area contributed by atoms with Gasteiger partial charge in [-0.05, 0) is 40.8 Å². The van der Waals surface area contributed by atoms with Gasteiger partial charge in [-0.1, -0.05) is 0 Å². The van der Waals surface area contributed by atoms with Crippen LogP contribution in [0.5, 0.6) is 0 Å². The van der Waals surface area contributed by atoms with Crippen LogP contribution in [0.3, 0.4) is 0 Å². The SMILES string of the molecule is FC(F)(F)Cn1cc(-c2cn(CC3CCC(F)(F)CC3)c3cc(Br)cnc23)cn1. The van der Waals surface area contributed by atoms with E-state index >= 15 is 0 Å². The molecule has 1 aliphatic rings. The van der Waals surface area contributed by atoms with Gasteiger partial charge < -0.3 is 4.57 Å². The molecule has 0 radical (unpaired) electrons.